The van der Waals surface area contributed by atoms with Gasteiger partial charge in [-0.15, -0.1) is 0 Å². The molecule has 24 nitrogen and oxygen atoms in total. The number of rotatable bonds is 18. The molecule has 4 fully saturated rings. The number of amides is 8. The van der Waals surface area contributed by atoms with Crippen LogP contribution < -0.4 is 52.0 Å². The number of nitrogens with zero attached hydrogens (tertiary/aromatic N) is 2. The van der Waals surface area contributed by atoms with Gasteiger partial charge in [0.1, 0.15) is 55.3 Å². The Labute approximate surface area is 489 Å². The van der Waals surface area contributed by atoms with Crippen molar-refractivity contribution in [3.63, 3.8) is 0 Å². The Hall–Kier alpha value is -7.16. The van der Waals surface area contributed by atoms with Crippen LogP contribution in [0, 0.1) is 11.8 Å². The minimum absolute atomic E-state index is 0.00561. The van der Waals surface area contributed by atoms with Crippen LogP contribution in [0.3, 0.4) is 0 Å². The quantitative estimate of drug-likeness (QED) is 0.0844. The number of benzene rings is 3. The maximum atomic E-state index is 14.9. The monoisotopic (exact) mass is 1200 g/mol. The summed E-state index contributed by atoms with van der Waals surface area (Å²) in [7, 11) is -3.53. The first-order valence-electron chi connectivity index (χ1n) is 28.9. The molecular weight excluding hydrogens is 1120 g/mol. The van der Waals surface area contributed by atoms with Crippen LogP contribution in [0.5, 0.6) is 11.5 Å². The molecule has 0 bridgehead atoms. The van der Waals surface area contributed by atoms with Gasteiger partial charge in [0.2, 0.25) is 35.4 Å². The minimum atomic E-state index is -3.35. The highest BCUT2D eigenvalue weighted by Crippen LogP contribution is 2.35. The molecule has 3 aromatic carbocycles. The fraction of sp³-hybridized carbons (Fsp3) is 0.552. The molecule has 4 saturated heterocycles. The van der Waals surface area contributed by atoms with Crippen LogP contribution in [-0.4, -0.2) is 186 Å². The van der Waals surface area contributed by atoms with Gasteiger partial charge < -0.3 is 61.8 Å². The molecule has 454 valence electrons. The highest BCUT2D eigenvalue weighted by atomic mass is 32.2. The summed E-state index contributed by atoms with van der Waals surface area (Å²) >= 11 is 0. The Bertz CT molecular complexity index is 2980. The van der Waals surface area contributed by atoms with E-state index in [1.165, 1.54) is 34.1 Å². The lowest BCUT2D eigenvalue weighted by atomic mass is 9.92. The third-order valence-electron chi connectivity index (χ3n) is 17.3. The first kappa shape index (κ1) is 61.4. The van der Waals surface area contributed by atoms with Gasteiger partial charge in [-0.05, 0) is 115 Å². The number of carbonyl (C=O) groups is 8. The number of hydrogen-bond acceptors (Lipinski definition) is 16. The van der Waals surface area contributed by atoms with Gasteiger partial charge in [0, 0.05) is 60.3 Å². The summed E-state index contributed by atoms with van der Waals surface area (Å²) in [5.41, 5.74) is 1.81. The van der Waals surface area contributed by atoms with Gasteiger partial charge in [-0.1, -0.05) is 36.4 Å². The number of sulfone groups is 2. The van der Waals surface area contributed by atoms with Gasteiger partial charge in [-0.25, -0.2) is 16.8 Å². The number of likely N-dealkylation sites (N-methyl/N-ethyl adjacent to an activating group) is 2. The summed E-state index contributed by atoms with van der Waals surface area (Å²) in [5.74, 6) is -4.85. The molecule has 6 aliphatic heterocycles. The van der Waals surface area contributed by atoms with Crippen molar-refractivity contribution in [1.29, 1.82) is 0 Å². The van der Waals surface area contributed by atoms with E-state index in [4.69, 9.17) is 9.47 Å². The SMILES string of the molecule is CN[C@@H](C)C(=O)N[C@H](C(=O)N1C[C@@H](NC(=O)c2ccc(C(=O)N[C@H]3C[C@@H](C(=O)N[C@@H]4CCOc5ccccc54)N(C(=O)[C@@H](NC(=O)[C@H](C)NC)C4CCS(=O)(=O)CC4)C3)cc2)C[C@H]1C(=O)N[C@@H]1CCOc2ccccc21)C1CCS(=O)(=O)CC1. The van der Waals surface area contributed by atoms with Crippen molar-refractivity contribution in [3.05, 3.63) is 95.1 Å². The van der Waals surface area contributed by atoms with Crippen molar-refractivity contribution in [3.8, 4) is 11.5 Å². The summed E-state index contributed by atoms with van der Waals surface area (Å²) in [6.07, 6.45) is 1.35. The maximum absolute atomic E-state index is 14.9. The summed E-state index contributed by atoms with van der Waals surface area (Å²) in [6, 6.07) is 11.9. The highest BCUT2D eigenvalue weighted by molar-refractivity contribution is 7.91. The zero-order chi connectivity index (χ0) is 60.0. The Balaban J connectivity index is 0.909. The van der Waals surface area contributed by atoms with Crippen molar-refractivity contribution in [2.75, 3.05) is 63.4 Å². The Morgan fingerprint density at radius 1 is 0.500 bits per heavy atom. The zero-order valence-corrected chi connectivity index (χ0v) is 49.2. The number of nitrogens with one attached hydrogen (secondary N) is 8. The summed E-state index contributed by atoms with van der Waals surface area (Å²) < 4.78 is 61.7. The lowest BCUT2D eigenvalue weighted by Crippen LogP contribution is -2.59. The molecule has 84 heavy (non-hydrogen) atoms. The number of para-hydroxylation sites is 2. The third-order valence-corrected chi connectivity index (χ3v) is 20.8. The van der Waals surface area contributed by atoms with Crippen LogP contribution in [-0.2, 0) is 48.4 Å². The predicted molar refractivity (Wildman–Crippen MR) is 308 cm³/mol. The van der Waals surface area contributed by atoms with Crippen LogP contribution in [0.2, 0.25) is 0 Å². The molecule has 26 heteroatoms. The smallest absolute Gasteiger partial charge is 0.251 e. The summed E-state index contributed by atoms with van der Waals surface area (Å²) in [4.78, 5) is 117. The number of hydrogen-bond donors (Lipinski definition) is 8. The van der Waals surface area contributed by atoms with Gasteiger partial charge in [-0.3, -0.25) is 38.4 Å². The van der Waals surface area contributed by atoms with Crippen LogP contribution in [0.4, 0.5) is 0 Å². The minimum Gasteiger partial charge on any atom is -0.493 e. The molecule has 0 unspecified atom stereocenters. The van der Waals surface area contributed by atoms with Gasteiger partial charge in [0.05, 0.1) is 60.4 Å². The number of fused-ring (bicyclic) bond motifs is 2. The van der Waals surface area contributed by atoms with E-state index in [-0.39, 0.29) is 85.8 Å². The molecule has 0 radical (unpaired) electrons. The van der Waals surface area contributed by atoms with Crippen LogP contribution in [0.15, 0.2) is 72.8 Å². The molecule has 8 N–H and O–H groups in total. The van der Waals surface area contributed by atoms with E-state index in [1.807, 2.05) is 36.4 Å². The maximum Gasteiger partial charge on any atom is 0.251 e. The molecule has 6 heterocycles. The standard InChI is InChI=1S/C58H76N10O14S2/c1-33(59-3)51(69)65-49(35-19-25-83(77,78)26-20-35)57(75)67-31-39(29-45(67)55(73)63-43-17-23-81-47-11-7-5-9-41(43)47)61-53(71)37-13-15-38(16-14-37)54(72)62-40-30-46(56(74)64-44-18-24-82-48-12-8-6-10-42(44)48)68(32-40)58(76)50(66-52(70)34(2)60-4)36-21-27-84(79,80)28-22-36/h5-16,33-36,39-40,43-46,49-50,59-60H,17-32H2,1-4H3,(H,61,71)(H,62,72)(H,63,73)(H,64,74)(H,65,69)(H,66,70)/t33-,34-,39-,40-,43+,44+,45-,46-,49-,50-/m0/s1. The molecule has 8 amide bonds. The third kappa shape index (κ3) is 14.3. The molecule has 9 rings (SSSR count). The van der Waals surface area contributed by atoms with Crippen molar-refractivity contribution in [2.24, 2.45) is 11.8 Å². The molecular formula is C58H76N10O14S2. The predicted octanol–water partition coefficient (Wildman–Crippen LogP) is 0.200. The van der Waals surface area contributed by atoms with E-state index in [9.17, 15) is 55.2 Å². The average molecular weight is 1200 g/mol. The Morgan fingerprint density at radius 3 is 1.21 bits per heavy atom. The number of likely N-dealkylation sites (tertiary alicyclic amines) is 2. The summed E-state index contributed by atoms with van der Waals surface area (Å²) in [6.45, 7) is 3.66. The van der Waals surface area contributed by atoms with E-state index in [0.717, 1.165) is 11.1 Å². The average Bonchev–Trinajstić information content (AvgIpc) is 4.18. The second-order valence-electron chi connectivity index (χ2n) is 22.8. The molecule has 0 aliphatic carbocycles. The second kappa shape index (κ2) is 26.4. The fourth-order valence-electron chi connectivity index (χ4n) is 12.1. The lowest BCUT2D eigenvalue weighted by Gasteiger charge is -2.35. The molecule has 0 saturated carbocycles. The van der Waals surface area contributed by atoms with Gasteiger partial charge in [0.25, 0.3) is 11.8 Å². The topological polar surface area (TPSA) is 326 Å². The highest BCUT2D eigenvalue weighted by Gasteiger charge is 2.48. The van der Waals surface area contributed by atoms with Gasteiger partial charge in [0.15, 0.2) is 0 Å². The molecule has 6 aliphatic rings. The Morgan fingerprint density at radius 2 is 0.857 bits per heavy atom. The van der Waals surface area contributed by atoms with Crippen molar-refractivity contribution in [2.45, 2.75) is 126 Å². The van der Waals surface area contributed by atoms with E-state index >= 15 is 0 Å². The van der Waals surface area contributed by atoms with Crippen molar-refractivity contribution < 1.29 is 64.7 Å². The Kier molecular flexibility index (Phi) is 19.3. The van der Waals surface area contributed by atoms with E-state index in [2.05, 4.69) is 42.5 Å². The summed E-state index contributed by atoms with van der Waals surface area (Å²) in [5, 5.41) is 23.5. The second-order valence-corrected chi connectivity index (χ2v) is 27.5. The fourth-order valence-corrected chi connectivity index (χ4v) is 15.2. The number of ether oxygens (including phenoxy) is 2. The molecule has 0 aromatic heterocycles. The van der Waals surface area contributed by atoms with Crippen molar-refractivity contribution in [1.82, 2.24) is 52.3 Å². The van der Waals surface area contributed by atoms with E-state index in [1.54, 1.807) is 40.1 Å². The molecule has 3 aromatic rings. The van der Waals surface area contributed by atoms with E-state index < -0.39 is 139 Å². The molecule has 10 atom stereocenters. The van der Waals surface area contributed by atoms with Gasteiger partial charge >= 0.3 is 0 Å². The number of carbonyl (C=O) groups excluding carboxylic acids is 8. The normalized spacial score (nSPS) is 25.1. The van der Waals surface area contributed by atoms with Gasteiger partial charge in [-0.2, -0.15) is 0 Å². The van der Waals surface area contributed by atoms with Crippen molar-refractivity contribution >= 4 is 66.9 Å². The van der Waals surface area contributed by atoms with Crippen LogP contribution in [0.25, 0.3) is 0 Å². The van der Waals surface area contributed by atoms with E-state index in [0.29, 0.717) is 37.6 Å². The molecule has 0 spiro atoms. The van der Waals surface area contributed by atoms with Crippen LogP contribution in [0.1, 0.15) is 109 Å². The zero-order valence-electron chi connectivity index (χ0n) is 47.6. The largest absolute Gasteiger partial charge is 0.493 e. The lowest BCUT2D eigenvalue weighted by molar-refractivity contribution is -0.143. The first-order valence-corrected chi connectivity index (χ1v) is 32.5. The first-order chi connectivity index (χ1) is 40.1. The van der Waals surface area contributed by atoms with Crippen LogP contribution >= 0.6 is 0 Å².